The molecule has 0 bridgehead atoms. The molecular formula is C17H29FIN3OS. The number of aliphatic imine (C=N–C) groups is 1. The zero-order valence-corrected chi connectivity index (χ0v) is 18.2. The molecule has 4 nitrogen and oxygen atoms in total. The highest BCUT2D eigenvalue weighted by atomic mass is 127. The SMILES string of the molecule is CCNC(=NCC(C)(C)SC)NCC(OC)c1ccc(F)cc1.I. The van der Waals surface area contributed by atoms with Crippen LogP contribution in [-0.2, 0) is 4.74 Å². The van der Waals surface area contributed by atoms with Crippen LogP contribution in [0.4, 0.5) is 4.39 Å². The van der Waals surface area contributed by atoms with Crippen LogP contribution in [-0.4, -0.2) is 43.7 Å². The first-order valence-electron chi connectivity index (χ1n) is 7.77. The first kappa shape index (κ1) is 23.5. The number of methoxy groups -OCH3 is 1. The predicted molar refractivity (Wildman–Crippen MR) is 113 cm³/mol. The number of hydrogen-bond acceptors (Lipinski definition) is 3. The van der Waals surface area contributed by atoms with Gasteiger partial charge in [0.25, 0.3) is 0 Å². The van der Waals surface area contributed by atoms with Crippen LogP contribution >= 0.6 is 35.7 Å². The molecule has 0 saturated heterocycles. The minimum Gasteiger partial charge on any atom is -0.375 e. The van der Waals surface area contributed by atoms with Gasteiger partial charge in [0.2, 0.25) is 0 Å². The average molecular weight is 469 g/mol. The summed E-state index contributed by atoms with van der Waals surface area (Å²) in [5.41, 5.74) is 0.932. The molecule has 1 atom stereocenters. The summed E-state index contributed by atoms with van der Waals surface area (Å²) in [7, 11) is 1.65. The lowest BCUT2D eigenvalue weighted by Crippen LogP contribution is -2.40. The van der Waals surface area contributed by atoms with Crippen molar-refractivity contribution < 1.29 is 9.13 Å². The fourth-order valence-corrected chi connectivity index (χ4v) is 2.07. The molecule has 1 aromatic rings. The number of ether oxygens (including phenoxy) is 1. The van der Waals surface area contributed by atoms with E-state index in [-0.39, 0.29) is 40.6 Å². The van der Waals surface area contributed by atoms with Gasteiger partial charge in [0, 0.05) is 24.9 Å². The van der Waals surface area contributed by atoms with E-state index in [0.717, 1.165) is 24.6 Å². The van der Waals surface area contributed by atoms with E-state index >= 15 is 0 Å². The molecule has 0 aromatic heterocycles. The summed E-state index contributed by atoms with van der Waals surface area (Å²) < 4.78 is 18.6. The fraction of sp³-hybridized carbons (Fsp3) is 0.588. The van der Waals surface area contributed by atoms with Crippen molar-refractivity contribution in [3.8, 4) is 0 Å². The minimum atomic E-state index is -0.245. The van der Waals surface area contributed by atoms with Crippen molar-refractivity contribution in [2.24, 2.45) is 4.99 Å². The predicted octanol–water partition coefficient (Wildman–Crippen LogP) is 3.83. The van der Waals surface area contributed by atoms with Gasteiger partial charge in [0.05, 0.1) is 12.6 Å². The van der Waals surface area contributed by atoms with E-state index in [1.807, 2.05) is 6.92 Å². The first-order valence-corrected chi connectivity index (χ1v) is 9.00. The third-order valence-corrected chi connectivity index (χ3v) is 4.73. The summed E-state index contributed by atoms with van der Waals surface area (Å²) in [6, 6.07) is 6.38. The third-order valence-electron chi connectivity index (χ3n) is 3.50. The molecule has 0 aliphatic carbocycles. The number of benzene rings is 1. The van der Waals surface area contributed by atoms with Gasteiger partial charge in [-0.3, -0.25) is 4.99 Å². The first-order chi connectivity index (χ1) is 10.9. The van der Waals surface area contributed by atoms with E-state index in [1.165, 1.54) is 12.1 Å². The summed E-state index contributed by atoms with van der Waals surface area (Å²) >= 11 is 1.79. The number of nitrogens with one attached hydrogen (secondary N) is 2. The number of guanidine groups is 1. The quantitative estimate of drug-likeness (QED) is 0.345. The molecular weight excluding hydrogens is 440 g/mol. The Morgan fingerprint density at radius 3 is 2.42 bits per heavy atom. The lowest BCUT2D eigenvalue weighted by molar-refractivity contribution is 0.106. The maximum Gasteiger partial charge on any atom is 0.191 e. The summed E-state index contributed by atoms with van der Waals surface area (Å²) in [4.78, 5) is 4.63. The van der Waals surface area contributed by atoms with Crippen LogP contribution in [0.1, 0.15) is 32.4 Å². The third kappa shape index (κ3) is 8.53. The molecule has 0 radical (unpaired) electrons. The van der Waals surface area contributed by atoms with Crippen molar-refractivity contribution in [2.75, 3.05) is 33.0 Å². The van der Waals surface area contributed by atoms with E-state index in [4.69, 9.17) is 4.74 Å². The van der Waals surface area contributed by atoms with E-state index < -0.39 is 0 Å². The van der Waals surface area contributed by atoms with Gasteiger partial charge < -0.3 is 15.4 Å². The van der Waals surface area contributed by atoms with Crippen molar-refractivity contribution in [3.63, 3.8) is 0 Å². The average Bonchev–Trinajstić information content (AvgIpc) is 2.54. The molecule has 0 heterocycles. The second kappa shape index (κ2) is 11.9. The van der Waals surface area contributed by atoms with Crippen LogP contribution in [0.25, 0.3) is 0 Å². The summed E-state index contributed by atoms with van der Waals surface area (Å²) in [5.74, 6) is 0.518. The molecule has 0 aliphatic rings. The second-order valence-corrected chi connectivity index (χ2v) is 7.33. The molecule has 7 heteroatoms. The Hall–Kier alpha value is -0.540. The fourth-order valence-electron chi connectivity index (χ4n) is 1.88. The Labute approximate surface area is 166 Å². The molecule has 0 spiro atoms. The number of hydrogen-bond donors (Lipinski definition) is 2. The van der Waals surface area contributed by atoms with E-state index in [2.05, 4.69) is 35.7 Å². The van der Waals surface area contributed by atoms with Gasteiger partial charge in [0.1, 0.15) is 5.82 Å². The van der Waals surface area contributed by atoms with Crippen molar-refractivity contribution in [3.05, 3.63) is 35.6 Å². The summed E-state index contributed by atoms with van der Waals surface area (Å²) in [5, 5.41) is 6.53. The highest BCUT2D eigenvalue weighted by Gasteiger charge is 2.16. The molecule has 0 fully saturated rings. The van der Waals surface area contributed by atoms with Crippen LogP contribution in [0.5, 0.6) is 0 Å². The maximum atomic E-state index is 13.0. The van der Waals surface area contributed by atoms with Crippen molar-refractivity contribution in [2.45, 2.75) is 31.6 Å². The molecule has 1 rings (SSSR count). The molecule has 0 amide bonds. The van der Waals surface area contributed by atoms with Crippen LogP contribution in [0.2, 0.25) is 0 Å². The number of nitrogens with zero attached hydrogens (tertiary/aromatic N) is 1. The van der Waals surface area contributed by atoms with Gasteiger partial charge in [-0.2, -0.15) is 11.8 Å². The van der Waals surface area contributed by atoms with Gasteiger partial charge in [0.15, 0.2) is 5.96 Å². The van der Waals surface area contributed by atoms with Gasteiger partial charge in [-0.1, -0.05) is 12.1 Å². The molecule has 2 N–H and O–H groups in total. The Morgan fingerprint density at radius 2 is 1.92 bits per heavy atom. The molecule has 0 aliphatic heterocycles. The standard InChI is InChI=1S/C17H28FN3OS.HI/c1-6-19-16(21-12-17(2,3)23-5)20-11-15(22-4)13-7-9-14(18)10-8-13;/h7-10,15H,6,11-12H2,1-5H3,(H2,19,20,21);1H. The minimum absolute atomic E-state index is 0. The summed E-state index contributed by atoms with van der Waals surface area (Å²) in [6.07, 6.45) is 1.93. The van der Waals surface area contributed by atoms with E-state index in [1.54, 1.807) is 31.0 Å². The van der Waals surface area contributed by atoms with Crippen LogP contribution in [0, 0.1) is 5.82 Å². The van der Waals surface area contributed by atoms with E-state index in [9.17, 15) is 4.39 Å². The van der Waals surface area contributed by atoms with Gasteiger partial charge in [-0.05, 0) is 44.7 Å². The van der Waals surface area contributed by atoms with Crippen molar-refractivity contribution in [1.82, 2.24) is 10.6 Å². The molecule has 1 aromatic carbocycles. The topological polar surface area (TPSA) is 45.7 Å². The van der Waals surface area contributed by atoms with Crippen molar-refractivity contribution >= 4 is 41.7 Å². The van der Waals surface area contributed by atoms with Gasteiger partial charge >= 0.3 is 0 Å². The van der Waals surface area contributed by atoms with Gasteiger partial charge in [-0.25, -0.2) is 4.39 Å². The summed E-state index contributed by atoms with van der Waals surface area (Å²) in [6.45, 7) is 8.44. The van der Waals surface area contributed by atoms with E-state index in [0.29, 0.717) is 6.54 Å². The lowest BCUT2D eigenvalue weighted by atomic mass is 10.1. The number of thioether (sulfide) groups is 1. The number of halogens is 2. The molecule has 1 unspecified atom stereocenters. The zero-order valence-electron chi connectivity index (χ0n) is 15.1. The van der Waals surface area contributed by atoms with Gasteiger partial charge in [-0.15, -0.1) is 24.0 Å². The van der Waals surface area contributed by atoms with Crippen LogP contribution < -0.4 is 10.6 Å². The Balaban J connectivity index is 0.00000529. The van der Waals surface area contributed by atoms with Crippen LogP contribution in [0.15, 0.2) is 29.3 Å². The maximum absolute atomic E-state index is 13.0. The second-order valence-electron chi connectivity index (χ2n) is 5.82. The highest BCUT2D eigenvalue weighted by Crippen LogP contribution is 2.21. The Bertz CT molecular complexity index is 497. The lowest BCUT2D eigenvalue weighted by Gasteiger charge is -2.22. The Kier molecular flexibility index (Phi) is 11.6. The monoisotopic (exact) mass is 469 g/mol. The largest absolute Gasteiger partial charge is 0.375 e. The smallest absolute Gasteiger partial charge is 0.191 e. The van der Waals surface area contributed by atoms with Crippen molar-refractivity contribution in [1.29, 1.82) is 0 Å². The van der Waals surface area contributed by atoms with Crippen LogP contribution in [0.3, 0.4) is 0 Å². The Morgan fingerprint density at radius 1 is 1.29 bits per heavy atom. The zero-order chi connectivity index (χ0) is 17.3. The molecule has 138 valence electrons. The normalized spacial score (nSPS) is 13.2. The highest BCUT2D eigenvalue weighted by molar-refractivity contribution is 14.0. The molecule has 24 heavy (non-hydrogen) atoms. The molecule has 0 saturated carbocycles. The number of rotatable bonds is 8.